The average molecular weight is 848 g/mol. The maximum absolute atomic E-state index is 12.7. The summed E-state index contributed by atoms with van der Waals surface area (Å²) >= 11 is 0. The fourth-order valence-corrected chi connectivity index (χ4v) is 6.58. The minimum atomic E-state index is -4.64. The highest BCUT2D eigenvalue weighted by Crippen LogP contribution is 2.38. The molecule has 10 heteroatoms. The molecule has 0 amide bonds. The van der Waals surface area contributed by atoms with Crippen molar-refractivity contribution in [2.24, 2.45) is 0 Å². The fourth-order valence-electron chi connectivity index (χ4n) is 5.85. The van der Waals surface area contributed by atoms with Crippen molar-refractivity contribution >= 4 is 19.8 Å². The van der Waals surface area contributed by atoms with E-state index >= 15 is 0 Å². The van der Waals surface area contributed by atoms with Crippen molar-refractivity contribution in [1.29, 1.82) is 0 Å². The molecule has 0 aromatic rings. The van der Waals surface area contributed by atoms with Crippen LogP contribution in [0.1, 0.15) is 174 Å². The fraction of sp³-hybridized carbons (Fsp3) is 0.714. The first-order valence-corrected chi connectivity index (χ1v) is 24.6. The van der Waals surface area contributed by atoms with Crippen LogP contribution in [0.15, 0.2) is 72.9 Å². The monoisotopic (exact) mass is 848 g/mol. The highest BCUT2D eigenvalue weighted by Gasteiger charge is 2.21. The Balaban J connectivity index is 4.39. The number of allylic oxidation sites excluding steroid dienone is 12. The van der Waals surface area contributed by atoms with Gasteiger partial charge in [-0.05, 0) is 83.5 Å². The molecule has 0 heterocycles. The number of hydrogen-bond donors (Lipinski definition) is 0. The molecule has 0 aromatic carbocycles. The SMILES string of the molecule is CC/C=C\C/C=C\C/C=C\C/C=C\CCCCCCCCC(=O)OC(COC(=O)CCCCCCC/C=C\C/C=C\CCCCCC)COP(=O)([O-])OCC[N+](C)(C)C. The van der Waals surface area contributed by atoms with Gasteiger partial charge in [0.15, 0.2) is 6.10 Å². The van der Waals surface area contributed by atoms with Crippen molar-refractivity contribution in [2.75, 3.05) is 47.5 Å². The summed E-state index contributed by atoms with van der Waals surface area (Å²) in [5.41, 5.74) is 0. The van der Waals surface area contributed by atoms with Gasteiger partial charge in [0.25, 0.3) is 7.82 Å². The van der Waals surface area contributed by atoms with E-state index in [1.165, 1.54) is 32.1 Å². The maximum atomic E-state index is 12.7. The number of phosphoric acid groups is 1. The molecule has 0 spiro atoms. The minimum absolute atomic E-state index is 0.0399. The van der Waals surface area contributed by atoms with E-state index < -0.39 is 32.5 Å². The van der Waals surface area contributed by atoms with Crippen LogP contribution in [-0.4, -0.2) is 70.0 Å². The third-order valence-electron chi connectivity index (χ3n) is 9.46. The van der Waals surface area contributed by atoms with Gasteiger partial charge in [0.2, 0.25) is 0 Å². The van der Waals surface area contributed by atoms with E-state index in [1.807, 2.05) is 21.1 Å². The molecule has 0 radical (unpaired) electrons. The molecule has 0 saturated carbocycles. The molecule has 0 rings (SSSR count). The van der Waals surface area contributed by atoms with Crippen LogP contribution >= 0.6 is 7.82 Å². The van der Waals surface area contributed by atoms with Crippen molar-refractivity contribution in [3.63, 3.8) is 0 Å². The molecule has 0 aromatic heterocycles. The molecule has 0 aliphatic carbocycles. The van der Waals surface area contributed by atoms with Gasteiger partial charge in [-0.1, -0.05) is 151 Å². The summed E-state index contributed by atoms with van der Waals surface area (Å²) in [6.07, 6.45) is 50.6. The lowest BCUT2D eigenvalue weighted by atomic mass is 10.1. The Morgan fingerprint density at radius 3 is 1.44 bits per heavy atom. The molecular formula is C49H86NO8P. The summed E-state index contributed by atoms with van der Waals surface area (Å²) < 4.78 is 33.9. The summed E-state index contributed by atoms with van der Waals surface area (Å²) in [5.74, 6) is -0.872. The minimum Gasteiger partial charge on any atom is -0.756 e. The number of carbonyl (C=O) groups excluding carboxylic acids is 2. The van der Waals surface area contributed by atoms with Gasteiger partial charge in [-0.15, -0.1) is 0 Å². The molecule has 0 bridgehead atoms. The number of unbranched alkanes of at least 4 members (excludes halogenated alkanes) is 15. The van der Waals surface area contributed by atoms with Gasteiger partial charge in [0.1, 0.15) is 19.8 Å². The molecular weight excluding hydrogens is 762 g/mol. The first kappa shape index (κ1) is 56.5. The number of quaternary nitrogens is 1. The molecule has 2 unspecified atom stereocenters. The highest BCUT2D eigenvalue weighted by molar-refractivity contribution is 7.45. The Morgan fingerprint density at radius 1 is 0.542 bits per heavy atom. The van der Waals surface area contributed by atoms with Crippen molar-refractivity contribution in [3.8, 4) is 0 Å². The third-order valence-corrected chi connectivity index (χ3v) is 10.4. The largest absolute Gasteiger partial charge is 0.756 e. The number of likely N-dealkylation sites (N-methyl/N-ethyl adjacent to an activating group) is 1. The molecule has 0 aliphatic heterocycles. The molecule has 0 fully saturated rings. The summed E-state index contributed by atoms with van der Waals surface area (Å²) in [6.45, 7) is 4.05. The van der Waals surface area contributed by atoms with Gasteiger partial charge in [-0.2, -0.15) is 0 Å². The standard InChI is InChI=1S/C49H86NO8P/c1-6-8-10-12-14-16-18-20-22-24-25-26-28-30-32-34-36-38-40-42-49(52)58-47(46-57-59(53,54)56-44-43-50(3,4)5)45-55-48(51)41-39-37-35-33-31-29-27-23-21-19-17-15-13-11-9-7-2/h8,10,14,16-17,19-20,22-23,25-27,47H,6-7,9,11-13,15,18,21,24,28-46H2,1-5H3/b10-8-,16-14-,19-17-,22-20-,26-25-,27-23-. The number of rotatable bonds is 41. The van der Waals surface area contributed by atoms with Gasteiger partial charge in [-0.25, -0.2) is 0 Å². The zero-order valence-electron chi connectivity index (χ0n) is 38.2. The molecule has 0 saturated heterocycles. The Morgan fingerprint density at radius 2 is 0.966 bits per heavy atom. The number of esters is 2. The van der Waals surface area contributed by atoms with Gasteiger partial charge < -0.3 is 27.9 Å². The van der Waals surface area contributed by atoms with Gasteiger partial charge in [-0.3, -0.25) is 14.2 Å². The third kappa shape index (κ3) is 44.8. The van der Waals surface area contributed by atoms with Crippen LogP contribution in [0.2, 0.25) is 0 Å². The maximum Gasteiger partial charge on any atom is 0.306 e. The lowest BCUT2D eigenvalue weighted by Crippen LogP contribution is -2.37. The lowest BCUT2D eigenvalue weighted by molar-refractivity contribution is -0.870. The van der Waals surface area contributed by atoms with Crippen LogP contribution in [0.4, 0.5) is 0 Å². The van der Waals surface area contributed by atoms with Crippen LogP contribution in [0.5, 0.6) is 0 Å². The second-order valence-corrected chi connectivity index (χ2v) is 17.8. The Bertz CT molecular complexity index is 1230. The number of carbonyl (C=O) groups is 2. The average Bonchev–Trinajstić information content (AvgIpc) is 3.19. The van der Waals surface area contributed by atoms with E-state index in [-0.39, 0.29) is 26.1 Å². The predicted octanol–water partition coefficient (Wildman–Crippen LogP) is 12.8. The van der Waals surface area contributed by atoms with Crippen LogP contribution < -0.4 is 4.89 Å². The van der Waals surface area contributed by atoms with Crippen LogP contribution in [0, 0.1) is 0 Å². The van der Waals surface area contributed by atoms with Gasteiger partial charge in [0.05, 0.1) is 27.7 Å². The van der Waals surface area contributed by atoms with E-state index in [4.69, 9.17) is 18.5 Å². The van der Waals surface area contributed by atoms with Gasteiger partial charge >= 0.3 is 11.9 Å². The molecule has 59 heavy (non-hydrogen) atoms. The van der Waals surface area contributed by atoms with Crippen molar-refractivity contribution < 1.29 is 42.1 Å². The van der Waals surface area contributed by atoms with Gasteiger partial charge in [0, 0.05) is 12.8 Å². The summed E-state index contributed by atoms with van der Waals surface area (Å²) in [4.78, 5) is 37.6. The smallest absolute Gasteiger partial charge is 0.306 e. The predicted molar refractivity (Wildman–Crippen MR) is 245 cm³/mol. The number of phosphoric ester groups is 1. The topological polar surface area (TPSA) is 111 Å². The molecule has 0 N–H and O–H groups in total. The van der Waals surface area contributed by atoms with Crippen LogP contribution in [-0.2, 0) is 32.7 Å². The lowest BCUT2D eigenvalue weighted by Gasteiger charge is -2.28. The second kappa shape index (κ2) is 40.8. The Labute approximate surface area is 361 Å². The van der Waals surface area contributed by atoms with Crippen molar-refractivity contribution in [2.45, 2.75) is 180 Å². The van der Waals surface area contributed by atoms with Crippen molar-refractivity contribution in [1.82, 2.24) is 0 Å². The van der Waals surface area contributed by atoms with Crippen LogP contribution in [0.25, 0.3) is 0 Å². The second-order valence-electron chi connectivity index (χ2n) is 16.4. The number of hydrogen-bond acceptors (Lipinski definition) is 8. The van der Waals surface area contributed by atoms with E-state index in [0.29, 0.717) is 23.9 Å². The van der Waals surface area contributed by atoms with E-state index in [9.17, 15) is 19.0 Å². The van der Waals surface area contributed by atoms with E-state index in [1.54, 1.807) is 0 Å². The number of ether oxygens (including phenoxy) is 2. The summed E-state index contributed by atoms with van der Waals surface area (Å²) in [6, 6.07) is 0. The van der Waals surface area contributed by atoms with E-state index in [2.05, 4.69) is 86.8 Å². The zero-order chi connectivity index (χ0) is 43.6. The summed E-state index contributed by atoms with van der Waals surface area (Å²) in [5, 5.41) is 0. The summed E-state index contributed by atoms with van der Waals surface area (Å²) in [7, 11) is 1.13. The highest BCUT2D eigenvalue weighted by atomic mass is 31.2. The zero-order valence-corrected chi connectivity index (χ0v) is 39.1. The molecule has 0 aliphatic rings. The van der Waals surface area contributed by atoms with Crippen molar-refractivity contribution in [3.05, 3.63) is 72.9 Å². The molecule has 340 valence electrons. The molecule has 9 nitrogen and oxygen atoms in total. The Kier molecular flexibility index (Phi) is 39.1. The normalized spacial score (nSPS) is 14.2. The van der Waals surface area contributed by atoms with Crippen LogP contribution in [0.3, 0.4) is 0 Å². The van der Waals surface area contributed by atoms with E-state index in [0.717, 1.165) is 103 Å². The quantitative estimate of drug-likeness (QED) is 0.0197. The number of nitrogens with zero attached hydrogens (tertiary/aromatic N) is 1. The molecule has 2 atom stereocenters. The first-order chi connectivity index (χ1) is 28.5. The first-order valence-electron chi connectivity index (χ1n) is 23.1. The Hall–Kier alpha value is -2.55.